The molecule has 2 aromatic heterocycles. The predicted molar refractivity (Wildman–Crippen MR) is 453 cm³/mol. The van der Waals surface area contributed by atoms with Gasteiger partial charge in [0.15, 0.2) is 0 Å². The molecule has 0 unspecified atom stereocenters. The SMILES string of the molecule is CC(=O)N[C@@H](CS)C(=O)N[C@@H](C)C(=O)N[C@@H](CC(=O)O)C(=O)N[C@@H](Cc1c[nH]c2ccccc12)C(=O)N[C@H](C(=O)N[C@@H](CS)C(=O)N[C@@H](Cc1ccc(O)cc1)C(=O)N[C@@H](Cc1c[nH]c2ccccc12)C(=O)N[C@@H](CCCN)C(=O)NC(C)(C)C(=O)N[C@@H](Cc1ccccc1)C(=O)NCC(=O)NCCOCC(=O)N[C@H](CCCCN)C(N)=O)C(C)C. The number of carbonyl (C=O) groups is 16. The molecule has 2 heterocycles. The van der Waals surface area contributed by atoms with Crippen molar-refractivity contribution in [2.24, 2.45) is 23.1 Å². The van der Waals surface area contributed by atoms with Gasteiger partial charge in [-0.05, 0) is 118 Å². The number of carboxylic acids is 1. The zero-order valence-electron chi connectivity index (χ0n) is 68.1. The van der Waals surface area contributed by atoms with E-state index in [0.717, 1.165) is 6.92 Å². The number of aromatic amines is 2. The van der Waals surface area contributed by atoms with E-state index in [4.69, 9.17) is 21.9 Å². The van der Waals surface area contributed by atoms with Crippen LogP contribution in [-0.4, -0.2) is 238 Å². The third-order valence-corrected chi connectivity index (χ3v) is 20.0. The van der Waals surface area contributed by atoms with Gasteiger partial charge >= 0.3 is 5.97 Å². The number of H-pyrrole nitrogens is 2. The third-order valence-electron chi connectivity index (χ3n) is 19.3. The Bertz CT molecular complexity index is 4590. The number of thiol groups is 2. The van der Waals surface area contributed by atoms with Gasteiger partial charge in [0.2, 0.25) is 88.6 Å². The van der Waals surface area contributed by atoms with Gasteiger partial charge in [-0.15, -0.1) is 0 Å². The van der Waals surface area contributed by atoms with Crippen LogP contribution in [0.25, 0.3) is 21.8 Å². The number of aromatic nitrogens is 2. The molecule has 0 saturated carbocycles. The Labute approximate surface area is 709 Å². The molecule has 40 heteroatoms. The van der Waals surface area contributed by atoms with Crippen molar-refractivity contribution in [1.29, 1.82) is 0 Å². The van der Waals surface area contributed by atoms with E-state index in [-0.39, 0.29) is 69.7 Å². The first-order valence-corrected chi connectivity index (χ1v) is 40.6. The molecule has 0 radical (unpaired) electrons. The van der Waals surface area contributed by atoms with Gasteiger partial charge < -0.3 is 117 Å². The highest BCUT2D eigenvalue weighted by Crippen LogP contribution is 2.23. The van der Waals surface area contributed by atoms with Gasteiger partial charge in [0, 0.05) is 84.9 Å². The molecule has 4 aromatic carbocycles. The Kier molecular flexibility index (Phi) is 39.4. The first kappa shape index (κ1) is 97.7. The maximum Gasteiger partial charge on any atom is 0.305 e. The number of carboxylic acid groups (broad SMARTS) is 1. The lowest BCUT2D eigenvalue weighted by Gasteiger charge is -2.31. The normalized spacial score (nSPS) is 14.0. The van der Waals surface area contributed by atoms with Crippen molar-refractivity contribution in [3.05, 3.63) is 138 Å². The third kappa shape index (κ3) is 31.8. The Morgan fingerprint density at radius 3 is 1.48 bits per heavy atom. The number of phenolic OH excluding ortho intramolecular Hbond substituents is 1. The molecule has 0 spiro atoms. The van der Waals surface area contributed by atoms with Crippen molar-refractivity contribution in [1.82, 2.24) is 84.4 Å². The number of phenols is 1. The van der Waals surface area contributed by atoms with E-state index in [9.17, 15) is 77.3 Å². The quantitative estimate of drug-likeness (QED) is 0.0138. The van der Waals surface area contributed by atoms with E-state index in [1.807, 2.05) is 0 Å². The smallest absolute Gasteiger partial charge is 0.305 e. The molecule has 11 atom stereocenters. The number of hydrogen-bond donors (Lipinski definition) is 23. The molecule has 6 rings (SSSR count). The Morgan fingerprint density at radius 1 is 0.471 bits per heavy atom. The minimum atomic E-state index is -1.86. The van der Waals surface area contributed by atoms with Crippen molar-refractivity contribution >= 4 is 142 Å². The first-order valence-electron chi connectivity index (χ1n) is 39.3. The van der Waals surface area contributed by atoms with E-state index < -0.39 is 198 Å². The zero-order valence-corrected chi connectivity index (χ0v) is 69.9. The largest absolute Gasteiger partial charge is 0.508 e. The van der Waals surface area contributed by atoms with Gasteiger partial charge in [0.05, 0.1) is 19.6 Å². The minimum absolute atomic E-state index is 0.0261. The monoisotopic (exact) mass is 1720 g/mol. The molecule has 24 N–H and O–H groups in total. The van der Waals surface area contributed by atoms with Crippen LogP contribution in [0.5, 0.6) is 5.75 Å². The van der Waals surface area contributed by atoms with Crippen LogP contribution in [0.3, 0.4) is 0 Å². The number of nitrogens with one attached hydrogen (secondary N) is 16. The van der Waals surface area contributed by atoms with Crippen LogP contribution in [0.1, 0.15) is 102 Å². The summed E-state index contributed by atoms with van der Waals surface area (Å²) in [5.74, 6) is -16.0. The Morgan fingerprint density at radius 2 is 0.942 bits per heavy atom. The van der Waals surface area contributed by atoms with E-state index in [0.29, 0.717) is 69.9 Å². The van der Waals surface area contributed by atoms with Crippen LogP contribution in [0.4, 0.5) is 0 Å². The van der Waals surface area contributed by atoms with E-state index >= 15 is 9.59 Å². The fourth-order valence-corrected chi connectivity index (χ4v) is 13.1. The van der Waals surface area contributed by atoms with Gasteiger partial charge in [-0.2, -0.15) is 25.3 Å². The van der Waals surface area contributed by atoms with E-state index in [2.05, 4.69) is 110 Å². The fraction of sp³-hybridized carbons (Fsp3) is 0.457. The molecular weight excluding hydrogens is 1610 g/mol. The van der Waals surface area contributed by atoms with Crippen LogP contribution in [0, 0.1) is 5.92 Å². The van der Waals surface area contributed by atoms with Crippen LogP contribution in [0.15, 0.2) is 116 Å². The van der Waals surface area contributed by atoms with Gasteiger partial charge in [-0.1, -0.05) is 92.7 Å². The summed E-state index contributed by atoms with van der Waals surface area (Å²) >= 11 is 8.49. The van der Waals surface area contributed by atoms with Gasteiger partial charge in [-0.3, -0.25) is 76.7 Å². The Balaban J connectivity index is 1.19. The molecule has 0 aliphatic carbocycles. The van der Waals surface area contributed by atoms with Crippen LogP contribution in [0.2, 0.25) is 0 Å². The second-order valence-corrected chi connectivity index (χ2v) is 30.5. The summed E-state index contributed by atoms with van der Waals surface area (Å²) < 4.78 is 5.34. The molecule has 656 valence electrons. The van der Waals surface area contributed by atoms with Crippen LogP contribution >= 0.6 is 25.3 Å². The zero-order chi connectivity index (χ0) is 89.0. The number of ether oxygens (including phenoxy) is 1. The maximum atomic E-state index is 15.2. The first-order chi connectivity index (χ1) is 57.5. The molecule has 0 fully saturated rings. The summed E-state index contributed by atoms with van der Waals surface area (Å²) in [6, 6.07) is 12.2. The topological polar surface area (TPSA) is 601 Å². The highest BCUT2D eigenvalue weighted by Gasteiger charge is 2.40. The summed E-state index contributed by atoms with van der Waals surface area (Å²) in [6.45, 7) is 7.45. The summed E-state index contributed by atoms with van der Waals surface area (Å²) in [7, 11) is 0. The number of unbranched alkanes of at least 4 members (excludes halogenated alkanes) is 1. The number of aromatic hydroxyl groups is 1. The molecule has 121 heavy (non-hydrogen) atoms. The molecular formula is C81H111N19O19S2. The summed E-state index contributed by atoms with van der Waals surface area (Å²) in [6.07, 6.45) is 2.76. The van der Waals surface area contributed by atoms with Crippen LogP contribution in [-0.2, 0) is 107 Å². The van der Waals surface area contributed by atoms with Crippen molar-refractivity contribution in [3.8, 4) is 5.75 Å². The number of amides is 15. The average molecular weight is 1720 g/mol. The lowest BCUT2D eigenvalue weighted by Crippen LogP contribution is -2.63. The summed E-state index contributed by atoms with van der Waals surface area (Å²) in [5.41, 5.74) is 18.4. The fourth-order valence-electron chi connectivity index (χ4n) is 12.6. The second-order valence-electron chi connectivity index (χ2n) is 29.7. The van der Waals surface area contributed by atoms with Crippen molar-refractivity contribution < 1.29 is 91.7 Å². The van der Waals surface area contributed by atoms with Crippen LogP contribution < -0.4 is 91.6 Å². The molecule has 0 aliphatic heterocycles. The maximum absolute atomic E-state index is 15.2. The summed E-state index contributed by atoms with van der Waals surface area (Å²) in [5, 5.41) is 57.5. The number of fused-ring (bicyclic) bond motifs is 2. The Hall–Kier alpha value is -12.1. The number of nitrogens with two attached hydrogens (primary N) is 3. The molecule has 38 nitrogen and oxygen atoms in total. The number of rotatable bonds is 51. The number of para-hydroxylation sites is 2. The standard InChI is InChI=1S/C81H111N19O19S2/c1-44(2)68(99-75(113)61(36-50-39-87-55-22-13-11-20-53(50)55)96-74(112)62(37-67(105)106)93-70(108)45(3)89-76(114)63(42-120)90-46(4)101)79(117)97-64(43-121)77(115)94-59(34-48-25-27-51(102)28-26-48)72(110)95-60(35-49-38-86-54-21-12-10-19-52(49)54)73(111)92-57(24-16-30-83)78(116)100-81(5,6)80(118)98-58(33-47-17-8-7-9-18-47)71(109)88-40-65(103)85-31-32-119-41-66(104)91-56(69(84)107)23-14-15-29-82/h7-13,17-22,25-28,38-39,44-45,56-64,68,86-87,102,120-121H,14-16,23-24,29-37,40-43,82-83H2,1-6H3,(H2,84,107)(H,85,103)(H,88,109)(H,89,114)(H,90,101)(H,91,104)(H,92,111)(H,93,108)(H,94,115)(H,95,110)(H,96,112)(H,97,117)(H,98,118)(H,99,113)(H,100,116)(H,105,106)/t45-,56+,57-,58-,59-,60-,61-,62-,63-,64-,68-/m0/s1. The number of hydrogen-bond acceptors (Lipinski definition) is 22. The highest BCUT2D eigenvalue weighted by molar-refractivity contribution is 7.80. The van der Waals surface area contributed by atoms with Gasteiger partial charge in [0.1, 0.15) is 84.4 Å². The van der Waals surface area contributed by atoms with E-state index in [1.165, 1.54) is 45.0 Å². The van der Waals surface area contributed by atoms with Gasteiger partial charge in [0.25, 0.3) is 0 Å². The minimum Gasteiger partial charge on any atom is -0.508 e. The molecule has 6 aromatic rings. The van der Waals surface area contributed by atoms with Gasteiger partial charge in [-0.25, -0.2) is 0 Å². The number of benzene rings is 4. The highest BCUT2D eigenvalue weighted by atomic mass is 32.1. The molecule has 0 saturated heterocycles. The predicted octanol–water partition coefficient (Wildman–Crippen LogP) is -2.51. The lowest BCUT2D eigenvalue weighted by atomic mass is 9.99. The number of carbonyl (C=O) groups excluding carboxylic acids is 15. The molecule has 15 amide bonds. The molecule has 0 aliphatic rings. The van der Waals surface area contributed by atoms with Crippen molar-refractivity contribution in [2.45, 2.75) is 178 Å². The second kappa shape index (κ2) is 48.8. The number of primary amides is 1. The summed E-state index contributed by atoms with van der Waals surface area (Å²) in [4.78, 5) is 226. The van der Waals surface area contributed by atoms with Crippen molar-refractivity contribution in [3.63, 3.8) is 0 Å². The number of aliphatic carboxylic acids is 1. The average Bonchev–Trinajstić information content (AvgIpc) is 1.66. The van der Waals surface area contributed by atoms with Crippen molar-refractivity contribution in [2.75, 3.05) is 50.9 Å². The van der Waals surface area contributed by atoms with E-state index in [1.54, 1.807) is 105 Å². The lowest BCUT2D eigenvalue weighted by molar-refractivity contribution is -0.141. The molecule has 0 bridgehead atoms.